The van der Waals surface area contributed by atoms with Crippen molar-refractivity contribution >= 4 is 5.97 Å². The number of hydrogen-bond donors (Lipinski definition) is 3. The molecule has 0 rings (SSSR count). The van der Waals surface area contributed by atoms with Crippen LogP contribution in [0.3, 0.4) is 0 Å². The van der Waals surface area contributed by atoms with Gasteiger partial charge >= 0.3 is 5.97 Å². The Morgan fingerprint density at radius 3 is 2.67 bits per heavy atom. The molecule has 0 heterocycles. The third-order valence-electron chi connectivity index (χ3n) is 1.75. The molecule has 0 saturated heterocycles. The van der Waals surface area contributed by atoms with Crippen molar-refractivity contribution in [2.24, 2.45) is 0 Å². The molecule has 0 aliphatic carbocycles. The van der Waals surface area contributed by atoms with E-state index in [0.717, 1.165) is 0 Å². The summed E-state index contributed by atoms with van der Waals surface area (Å²) in [5.74, 6) is -0.675. The molecule has 0 fully saturated rings. The lowest BCUT2D eigenvalue weighted by atomic mass is 10.1. The van der Waals surface area contributed by atoms with E-state index in [2.05, 4.69) is 10.1 Å². The van der Waals surface area contributed by atoms with Gasteiger partial charge in [-0.25, -0.2) is 4.79 Å². The highest BCUT2D eigenvalue weighted by molar-refractivity contribution is 5.78. The molecule has 0 bridgehead atoms. The van der Waals surface area contributed by atoms with E-state index in [0.29, 0.717) is 13.2 Å². The van der Waals surface area contributed by atoms with Crippen molar-refractivity contribution in [3.8, 4) is 0 Å². The van der Waals surface area contributed by atoms with Gasteiger partial charge in [-0.1, -0.05) is 0 Å². The molecule has 0 aliphatic heterocycles. The van der Waals surface area contributed by atoms with Gasteiger partial charge in [0.15, 0.2) is 5.60 Å². The Balaban J connectivity index is 3.53. The molecule has 0 aromatic rings. The molecule has 0 aliphatic rings. The third-order valence-corrected chi connectivity index (χ3v) is 1.75. The molecular formula is C9H19NO5. The van der Waals surface area contributed by atoms with Crippen molar-refractivity contribution < 1.29 is 24.5 Å². The molecule has 6 nitrogen and oxygen atoms in total. The third kappa shape index (κ3) is 6.40. The zero-order valence-corrected chi connectivity index (χ0v) is 9.15. The van der Waals surface area contributed by atoms with Gasteiger partial charge in [-0.05, 0) is 6.92 Å². The fourth-order valence-electron chi connectivity index (χ4n) is 0.935. The molecule has 1 atom stereocenters. The molecule has 0 radical (unpaired) electrons. The van der Waals surface area contributed by atoms with Crippen LogP contribution in [0.25, 0.3) is 0 Å². The molecule has 90 valence electrons. The summed E-state index contributed by atoms with van der Waals surface area (Å²) in [6.45, 7) is 2.66. The summed E-state index contributed by atoms with van der Waals surface area (Å²) in [5.41, 5.74) is -1.52. The number of hydrogen-bond acceptors (Lipinski definition) is 6. The van der Waals surface area contributed by atoms with Crippen LogP contribution in [-0.2, 0) is 14.3 Å². The van der Waals surface area contributed by atoms with Gasteiger partial charge in [-0.15, -0.1) is 0 Å². The second-order valence-corrected chi connectivity index (χ2v) is 3.28. The molecule has 0 saturated carbocycles. The molecule has 0 aromatic carbocycles. The van der Waals surface area contributed by atoms with Crippen LogP contribution in [0.2, 0.25) is 0 Å². The monoisotopic (exact) mass is 221 g/mol. The van der Waals surface area contributed by atoms with Gasteiger partial charge in [0.1, 0.15) is 0 Å². The van der Waals surface area contributed by atoms with E-state index >= 15 is 0 Å². The van der Waals surface area contributed by atoms with Crippen LogP contribution in [0, 0.1) is 0 Å². The minimum atomic E-state index is -1.52. The predicted octanol–water partition coefficient (Wildman–Crippen LogP) is -1.49. The Morgan fingerprint density at radius 1 is 1.47 bits per heavy atom. The smallest absolute Gasteiger partial charge is 0.338 e. The number of aliphatic hydroxyl groups is 2. The lowest BCUT2D eigenvalue weighted by Crippen LogP contribution is -2.46. The van der Waals surface area contributed by atoms with Crippen LogP contribution in [0.5, 0.6) is 0 Å². The highest BCUT2D eigenvalue weighted by atomic mass is 16.5. The first-order valence-electron chi connectivity index (χ1n) is 4.74. The maximum Gasteiger partial charge on any atom is 0.338 e. The predicted molar refractivity (Wildman–Crippen MR) is 53.4 cm³/mol. The van der Waals surface area contributed by atoms with Crippen molar-refractivity contribution in [1.29, 1.82) is 0 Å². The van der Waals surface area contributed by atoms with Gasteiger partial charge in [-0.2, -0.15) is 0 Å². The molecule has 0 spiro atoms. The molecular weight excluding hydrogens is 202 g/mol. The number of ether oxygens (including phenoxy) is 2. The molecule has 0 aromatic heterocycles. The maximum atomic E-state index is 11.0. The van der Waals surface area contributed by atoms with Crippen molar-refractivity contribution in [2.75, 3.05) is 40.0 Å². The first-order chi connectivity index (χ1) is 7.04. The van der Waals surface area contributed by atoms with E-state index in [1.807, 2.05) is 0 Å². The van der Waals surface area contributed by atoms with E-state index in [9.17, 15) is 9.90 Å². The summed E-state index contributed by atoms with van der Waals surface area (Å²) in [4.78, 5) is 11.0. The van der Waals surface area contributed by atoms with Crippen LogP contribution in [0.15, 0.2) is 0 Å². The normalized spacial score (nSPS) is 14.7. The summed E-state index contributed by atoms with van der Waals surface area (Å²) in [6, 6.07) is 0. The zero-order chi connectivity index (χ0) is 11.7. The zero-order valence-electron chi connectivity index (χ0n) is 9.15. The number of nitrogens with one attached hydrogen (secondary N) is 1. The van der Waals surface area contributed by atoms with E-state index in [-0.39, 0.29) is 19.8 Å². The quantitative estimate of drug-likeness (QED) is 0.342. The summed E-state index contributed by atoms with van der Waals surface area (Å²) < 4.78 is 9.39. The van der Waals surface area contributed by atoms with Gasteiger partial charge in [0.05, 0.1) is 26.9 Å². The Hall–Kier alpha value is -0.690. The Labute approximate surface area is 89.2 Å². The summed E-state index contributed by atoms with van der Waals surface area (Å²) in [5, 5.41) is 20.8. The van der Waals surface area contributed by atoms with Crippen molar-refractivity contribution in [1.82, 2.24) is 5.32 Å². The number of aliphatic hydroxyl groups excluding tert-OH is 1. The number of methoxy groups -OCH3 is 1. The second kappa shape index (κ2) is 7.58. The van der Waals surface area contributed by atoms with Crippen LogP contribution in [0.4, 0.5) is 0 Å². The lowest BCUT2D eigenvalue weighted by molar-refractivity contribution is -0.159. The van der Waals surface area contributed by atoms with Gasteiger partial charge < -0.3 is 25.0 Å². The van der Waals surface area contributed by atoms with Crippen LogP contribution >= 0.6 is 0 Å². The Bertz CT molecular complexity index is 183. The largest absolute Gasteiger partial charge is 0.467 e. The number of carbonyl (C=O) groups is 1. The van der Waals surface area contributed by atoms with Crippen molar-refractivity contribution in [3.05, 3.63) is 0 Å². The summed E-state index contributed by atoms with van der Waals surface area (Å²) in [7, 11) is 1.22. The first-order valence-corrected chi connectivity index (χ1v) is 4.74. The Morgan fingerprint density at radius 2 is 2.13 bits per heavy atom. The fourth-order valence-corrected chi connectivity index (χ4v) is 0.935. The molecule has 1 unspecified atom stereocenters. The first kappa shape index (κ1) is 14.3. The molecule has 0 amide bonds. The van der Waals surface area contributed by atoms with E-state index in [4.69, 9.17) is 9.84 Å². The molecule has 3 N–H and O–H groups in total. The van der Waals surface area contributed by atoms with Gasteiger partial charge in [-0.3, -0.25) is 0 Å². The van der Waals surface area contributed by atoms with E-state index in [1.54, 1.807) is 0 Å². The van der Waals surface area contributed by atoms with Crippen molar-refractivity contribution in [2.45, 2.75) is 12.5 Å². The second-order valence-electron chi connectivity index (χ2n) is 3.28. The van der Waals surface area contributed by atoms with Gasteiger partial charge in [0.25, 0.3) is 0 Å². The SMILES string of the molecule is COC(=O)C(C)(O)CNCCOCCO. The van der Waals surface area contributed by atoms with Crippen molar-refractivity contribution in [3.63, 3.8) is 0 Å². The fraction of sp³-hybridized carbons (Fsp3) is 0.889. The minimum Gasteiger partial charge on any atom is -0.467 e. The maximum absolute atomic E-state index is 11.0. The molecule has 6 heteroatoms. The minimum absolute atomic E-state index is 0.0140. The standard InChI is InChI=1S/C9H19NO5/c1-9(13,8(12)14-2)7-10-3-5-15-6-4-11/h10-11,13H,3-7H2,1-2H3. The topological polar surface area (TPSA) is 88.0 Å². The highest BCUT2D eigenvalue weighted by Crippen LogP contribution is 2.03. The van der Waals surface area contributed by atoms with Crippen LogP contribution in [0.1, 0.15) is 6.92 Å². The van der Waals surface area contributed by atoms with Crippen LogP contribution < -0.4 is 5.32 Å². The van der Waals surface area contributed by atoms with E-state index in [1.165, 1.54) is 14.0 Å². The lowest BCUT2D eigenvalue weighted by Gasteiger charge is -2.20. The van der Waals surface area contributed by atoms with E-state index < -0.39 is 11.6 Å². The highest BCUT2D eigenvalue weighted by Gasteiger charge is 2.30. The Kier molecular flexibility index (Phi) is 7.23. The van der Waals surface area contributed by atoms with Crippen LogP contribution in [-0.4, -0.2) is 61.8 Å². The summed E-state index contributed by atoms with van der Waals surface area (Å²) in [6.07, 6.45) is 0. The number of esters is 1. The average Bonchev–Trinajstić information content (AvgIpc) is 2.22. The average molecular weight is 221 g/mol. The van der Waals surface area contributed by atoms with Gasteiger partial charge in [0, 0.05) is 13.1 Å². The number of rotatable bonds is 8. The van der Waals surface area contributed by atoms with Gasteiger partial charge in [0.2, 0.25) is 0 Å². The number of carbonyl (C=O) groups excluding carboxylic acids is 1. The summed E-state index contributed by atoms with van der Waals surface area (Å²) >= 11 is 0. The molecule has 15 heavy (non-hydrogen) atoms.